The van der Waals surface area contributed by atoms with Crippen LogP contribution in [0.15, 0.2) is 146 Å². The van der Waals surface area contributed by atoms with Gasteiger partial charge in [-0.3, -0.25) is 0 Å². The summed E-state index contributed by atoms with van der Waals surface area (Å²) in [6.45, 7) is 0. The molecule has 2 heterocycles. The maximum Gasteiger partial charge on any atom is 0.101 e. The average molecular weight is 661 g/mol. The molecule has 0 saturated carbocycles. The molecule has 6 nitrogen and oxygen atoms in total. The van der Waals surface area contributed by atoms with Gasteiger partial charge in [0.25, 0.3) is 0 Å². The van der Waals surface area contributed by atoms with Crippen molar-refractivity contribution < 1.29 is 0 Å². The highest BCUT2D eigenvalue weighted by Crippen LogP contribution is 2.39. The molecule has 0 aliphatic carbocycles. The maximum atomic E-state index is 10.4. The molecule has 0 atom stereocenters. The molecule has 0 saturated heterocycles. The number of rotatable bonds is 4. The minimum atomic E-state index is 0.523. The van der Waals surface area contributed by atoms with E-state index in [-0.39, 0.29) is 0 Å². The predicted octanol–water partition coefficient (Wildman–Crippen LogP) is 10.7. The van der Waals surface area contributed by atoms with Gasteiger partial charge in [-0.15, -0.1) is 0 Å². The third-order valence-corrected chi connectivity index (χ3v) is 9.87. The van der Waals surface area contributed by atoms with Gasteiger partial charge in [0.05, 0.1) is 67.8 Å². The molecule has 0 amide bonds. The lowest BCUT2D eigenvalue weighted by atomic mass is 9.96. The summed E-state index contributed by atoms with van der Waals surface area (Å²) in [5.74, 6) is 0. The molecule has 0 radical (unpaired) electrons. The Morgan fingerprint density at radius 3 is 1.69 bits per heavy atom. The number of nitrogens with zero attached hydrogens (tertiary/aromatic N) is 6. The zero-order valence-electron chi connectivity index (χ0n) is 27.5. The second kappa shape index (κ2) is 11.9. The van der Waals surface area contributed by atoms with E-state index in [9.17, 15) is 21.0 Å². The van der Waals surface area contributed by atoms with Crippen LogP contribution in [0.3, 0.4) is 0 Å². The Balaban J connectivity index is 1.16. The highest BCUT2D eigenvalue weighted by Gasteiger charge is 2.20. The van der Waals surface area contributed by atoms with Crippen LogP contribution in [0.2, 0.25) is 0 Å². The van der Waals surface area contributed by atoms with Crippen molar-refractivity contribution in [2.24, 2.45) is 0 Å². The van der Waals surface area contributed by atoms with Gasteiger partial charge in [0, 0.05) is 27.1 Å². The Hall–Kier alpha value is -7.90. The number of para-hydroxylation sites is 3. The Labute approximate surface area is 298 Å². The fraction of sp³-hybridized carbons (Fsp3) is 0. The van der Waals surface area contributed by atoms with E-state index in [1.54, 1.807) is 0 Å². The van der Waals surface area contributed by atoms with Crippen LogP contribution in [-0.4, -0.2) is 9.13 Å². The van der Waals surface area contributed by atoms with E-state index in [2.05, 4.69) is 39.5 Å². The van der Waals surface area contributed by atoms with Crippen LogP contribution in [0.4, 0.5) is 0 Å². The van der Waals surface area contributed by atoms with Gasteiger partial charge in [0.2, 0.25) is 0 Å². The smallest absolute Gasteiger partial charge is 0.101 e. The van der Waals surface area contributed by atoms with Crippen molar-refractivity contribution in [3.63, 3.8) is 0 Å². The van der Waals surface area contributed by atoms with Crippen LogP contribution in [-0.2, 0) is 0 Å². The quantitative estimate of drug-likeness (QED) is 0.187. The van der Waals surface area contributed by atoms with E-state index >= 15 is 0 Å². The molecule has 0 spiro atoms. The summed E-state index contributed by atoms with van der Waals surface area (Å²) in [7, 11) is 0. The number of nitriles is 4. The fourth-order valence-corrected chi connectivity index (χ4v) is 7.53. The van der Waals surface area contributed by atoms with Crippen molar-refractivity contribution >= 4 is 43.6 Å². The lowest BCUT2D eigenvalue weighted by Gasteiger charge is -2.16. The Kier molecular flexibility index (Phi) is 6.91. The third-order valence-electron chi connectivity index (χ3n) is 9.87. The number of aromatic nitrogens is 2. The first-order valence-corrected chi connectivity index (χ1v) is 16.7. The van der Waals surface area contributed by atoms with Crippen molar-refractivity contribution in [2.75, 3.05) is 0 Å². The lowest BCUT2D eigenvalue weighted by molar-refractivity contribution is 1.17. The summed E-state index contributed by atoms with van der Waals surface area (Å²) in [4.78, 5) is 0. The van der Waals surface area contributed by atoms with Crippen molar-refractivity contribution in [2.45, 2.75) is 0 Å². The topological polar surface area (TPSA) is 105 Å². The van der Waals surface area contributed by atoms with Gasteiger partial charge in [-0.2, -0.15) is 21.0 Å². The maximum absolute atomic E-state index is 10.4. The monoisotopic (exact) mass is 660 g/mol. The van der Waals surface area contributed by atoms with Crippen LogP contribution < -0.4 is 0 Å². The predicted molar refractivity (Wildman–Crippen MR) is 205 cm³/mol. The van der Waals surface area contributed by atoms with Crippen molar-refractivity contribution in [3.8, 4) is 57.9 Å². The largest absolute Gasteiger partial charge is 0.308 e. The summed E-state index contributed by atoms with van der Waals surface area (Å²) in [5, 5.41) is 44.1. The molecule has 0 bridgehead atoms. The molecule has 2 aromatic heterocycles. The van der Waals surface area contributed by atoms with E-state index < -0.39 is 0 Å². The van der Waals surface area contributed by atoms with Gasteiger partial charge in [0.1, 0.15) is 12.1 Å². The first-order chi connectivity index (χ1) is 25.6. The third kappa shape index (κ3) is 4.54. The van der Waals surface area contributed by atoms with E-state index in [1.807, 2.05) is 140 Å². The SMILES string of the molecule is N#Cc1ccc2c(c1)c1ccccc1n2-c1ccc(-c2ccc(-c3cccc(C#N)c3-n3c4ccccc4c4ccc(C#N)cc43)cc2)cc1C#N. The second-order valence-corrected chi connectivity index (χ2v) is 12.6. The molecule has 0 N–H and O–H groups in total. The number of fused-ring (bicyclic) bond motifs is 6. The van der Waals surface area contributed by atoms with Gasteiger partial charge < -0.3 is 9.13 Å². The lowest BCUT2D eigenvalue weighted by Crippen LogP contribution is -2.01. The first kappa shape index (κ1) is 30.2. The first-order valence-electron chi connectivity index (χ1n) is 16.7. The number of benzene rings is 7. The number of hydrogen-bond acceptors (Lipinski definition) is 4. The van der Waals surface area contributed by atoms with Crippen LogP contribution >= 0.6 is 0 Å². The highest BCUT2D eigenvalue weighted by atomic mass is 15.0. The van der Waals surface area contributed by atoms with Gasteiger partial charge >= 0.3 is 0 Å². The number of hydrogen-bond donors (Lipinski definition) is 0. The van der Waals surface area contributed by atoms with Gasteiger partial charge in [0.15, 0.2) is 0 Å². The zero-order chi connectivity index (χ0) is 35.3. The van der Waals surface area contributed by atoms with Crippen LogP contribution in [0, 0.1) is 45.3 Å². The van der Waals surface area contributed by atoms with Crippen LogP contribution in [0.25, 0.3) is 77.2 Å². The van der Waals surface area contributed by atoms with E-state index in [4.69, 9.17) is 0 Å². The second-order valence-electron chi connectivity index (χ2n) is 12.6. The molecule has 6 heteroatoms. The van der Waals surface area contributed by atoms with E-state index in [0.717, 1.165) is 77.2 Å². The van der Waals surface area contributed by atoms with E-state index in [1.165, 1.54) is 0 Å². The fourth-order valence-electron chi connectivity index (χ4n) is 7.53. The summed E-state index contributed by atoms with van der Waals surface area (Å²) < 4.78 is 4.19. The average Bonchev–Trinajstić information content (AvgIpc) is 3.72. The summed E-state index contributed by atoms with van der Waals surface area (Å²) in [6, 6.07) is 56.7. The Morgan fingerprint density at radius 2 is 0.962 bits per heavy atom. The normalized spacial score (nSPS) is 11.0. The summed E-state index contributed by atoms with van der Waals surface area (Å²) in [6.07, 6.45) is 0. The molecular formula is C46H24N6. The van der Waals surface area contributed by atoms with Crippen LogP contribution in [0.5, 0.6) is 0 Å². The molecule has 0 aliphatic rings. The van der Waals surface area contributed by atoms with Gasteiger partial charge in [-0.1, -0.05) is 84.9 Å². The summed E-state index contributed by atoms with van der Waals surface area (Å²) >= 11 is 0. The minimum Gasteiger partial charge on any atom is -0.308 e. The molecule has 52 heavy (non-hydrogen) atoms. The molecule has 0 aliphatic heterocycles. The zero-order valence-corrected chi connectivity index (χ0v) is 27.5. The van der Waals surface area contributed by atoms with E-state index in [0.29, 0.717) is 22.3 Å². The van der Waals surface area contributed by atoms with Gasteiger partial charge in [-0.25, -0.2) is 0 Å². The van der Waals surface area contributed by atoms with Crippen molar-refractivity contribution in [3.05, 3.63) is 168 Å². The van der Waals surface area contributed by atoms with Crippen LogP contribution in [0.1, 0.15) is 22.3 Å². The van der Waals surface area contributed by atoms with Crippen molar-refractivity contribution in [1.82, 2.24) is 9.13 Å². The minimum absolute atomic E-state index is 0.523. The molecule has 0 fully saturated rings. The Bertz CT molecular complexity index is 3110. The standard InChI is InChI=1S/C46H24N6/c47-25-29-13-20-44-40(22-29)38-8-2-3-10-42(38)51(44)41-21-18-33(24-35(41)28-50)31-14-16-32(17-15-31)36-9-5-6-34(27-49)46(36)52-43-11-4-1-7-37(43)39-19-12-30(26-48)23-45(39)52/h1-24H. The van der Waals surface area contributed by atoms with Crippen molar-refractivity contribution in [1.29, 1.82) is 21.0 Å². The Morgan fingerprint density at radius 1 is 0.365 bits per heavy atom. The summed E-state index contributed by atoms with van der Waals surface area (Å²) in [5.41, 5.74) is 11.1. The molecule has 9 aromatic rings. The molecule has 238 valence electrons. The van der Waals surface area contributed by atoms with Gasteiger partial charge in [-0.05, 0) is 77.4 Å². The molecular weight excluding hydrogens is 637 g/mol. The molecule has 7 aromatic carbocycles. The molecule has 0 unspecified atom stereocenters. The molecule has 9 rings (SSSR count). The highest BCUT2D eigenvalue weighted by molar-refractivity contribution is 6.11.